The maximum Gasteiger partial charge on any atom is 0.295 e. The third-order valence-corrected chi connectivity index (χ3v) is 5.38. The number of ketones is 1. The van der Waals surface area contributed by atoms with Crippen LogP contribution >= 0.6 is 0 Å². The van der Waals surface area contributed by atoms with Crippen LogP contribution in [0.15, 0.2) is 46.6 Å². The third-order valence-electron chi connectivity index (χ3n) is 5.38. The molecule has 1 fully saturated rings. The van der Waals surface area contributed by atoms with E-state index in [-0.39, 0.29) is 11.3 Å². The molecular weight excluding hydrogens is 408 g/mol. The number of rotatable bonds is 9. The molecule has 32 heavy (non-hydrogen) atoms. The van der Waals surface area contributed by atoms with Gasteiger partial charge in [-0.05, 0) is 75.8 Å². The second-order valence-corrected chi connectivity index (χ2v) is 8.85. The number of amides is 1. The summed E-state index contributed by atoms with van der Waals surface area (Å²) in [6.45, 7) is 7.76. The number of aliphatic hydroxyl groups is 1. The molecule has 1 N–H and O–H groups in total. The van der Waals surface area contributed by atoms with Gasteiger partial charge in [-0.3, -0.25) is 9.59 Å². The van der Waals surface area contributed by atoms with Crippen molar-refractivity contribution in [1.29, 1.82) is 0 Å². The zero-order valence-electron chi connectivity index (χ0n) is 19.4. The van der Waals surface area contributed by atoms with Crippen molar-refractivity contribution in [2.24, 2.45) is 5.92 Å². The topological polar surface area (TPSA) is 83.2 Å². The maximum absolute atomic E-state index is 13.0. The summed E-state index contributed by atoms with van der Waals surface area (Å²) >= 11 is 0. The van der Waals surface area contributed by atoms with E-state index in [9.17, 15) is 14.7 Å². The molecule has 1 aromatic heterocycles. The Balaban J connectivity index is 1.98. The van der Waals surface area contributed by atoms with Crippen molar-refractivity contribution in [3.8, 4) is 5.75 Å². The van der Waals surface area contributed by atoms with Gasteiger partial charge in [-0.2, -0.15) is 0 Å². The summed E-state index contributed by atoms with van der Waals surface area (Å²) in [5.74, 6) is 0.0238. The summed E-state index contributed by atoms with van der Waals surface area (Å²) in [4.78, 5) is 29.3. The van der Waals surface area contributed by atoms with Crippen molar-refractivity contribution in [3.63, 3.8) is 0 Å². The van der Waals surface area contributed by atoms with Crippen molar-refractivity contribution < 1.29 is 23.8 Å². The van der Waals surface area contributed by atoms with Crippen LogP contribution in [-0.2, 0) is 9.59 Å². The summed E-state index contributed by atoms with van der Waals surface area (Å²) in [5, 5.41) is 11.1. The zero-order valence-corrected chi connectivity index (χ0v) is 19.4. The molecule has 0 radical (unpaired) electrons. The molecule has 2 aromatic rings. The molecule has 172 valence electrons. The predicted molar refractivity (Wildman–Crippen MR) is 122 cm³/mol. The number of carbonyl (C=O) groups excluding carboxylic acids is 2. The summed E-state index contributed by atoms with van der Waals surface area (Å²) in [7, 11) is 3.91. The molecule has 1 saturated heterocycles. The van der Waals surface area contributed by atoms with Crippen molar-refractivity contribution in [1.82, 2.24) is 9.80 Å². The SMILES string of the molecule is Cc1cc(/C(O)=C2/C(=O)C(=O)N(CCCN(C)C)C2c2ccco2)ccc1OCC(C)C. The normalized spacial score (nSPS) is 18.2. The van der Waals surface area contributed by atoms with Crippen LogP contribution in [-0.4, -0.2) is 60.4 Å². The van der Waals surface area contributed by atoms with Gasteiger partial charge in [-0.1, -0.05) is 13.8 Å². The Kier molecular flexibility index (Phi) is 7.40. The summed E-state index contributed by atoms with van der Waals surface area (Å²) in [5.41, 5.74) is 1.34. The first-order valence-corrected chi connectivity index (χ1v) is 10.9. The second kappa shape index (κ2) is 10.0. The first kappa shape index (κ1) is 23.6. The summed E-state index contributed by atoms with van der Waals surface area (Å²) in [6.07, 6.45) is 2.19. The standard InChI is InChI=1S/C25H32N2O5/c1-16(2)15-32-19-10-9-18(14-17(19)3)23(28)21-22(20-8-6-13-31-20)27(25(30)24(21)29)12-7-11-26(4)5/h6,8-10,13-14,16,22,28H,7,11-12,15H2,1-5H3/b23-21-. The molecule has 0 aliphatic carbocycles. The lowest BCUT2D eigenvalue weighted by molar-refractivity contribution is -0.140. The van der Waals surface area contributed by atoms with Crippen LogP contribution in [0.1, 0.15) is 43.2 Å². The molecule has 7 heteroatoms. The van der Waals surface area contributed by atoms with Crippen LogP contribution in [0.5, 0.6) is 5.75 Å². The lowest BCUT2D eigenvalue weighted by atomic mass is 9.98. The van der Waals surface area contributed by atoms with E-state index in [2.05, 4.69) is 13.8 Å². The van der Waals surface area contributed by atoms with Gasteiger partial charge < -0.3 is 24.1 Å². The molecule has 1 aliphatic rings. The first-order valence-electron chi connectivity index (χ1n) is 10.9. The Hall–Kier alpha value is -3.06. The molecule has 2 heterocycles. The number of nitrogens with zero attached hydrogens (tertiary/aromatic N) is 2. The highest BCUT2D eigenvalue weighted by Gasteiger charge is 2.47. The van der Waals surface area contributed by atoms with Gasteiger partial charge in [0, 0.05) is 12.1 Å². The van der Waals surface area contributed by atoms with Crippen LogP contribution in [0.25, 0.3) is 5.76 Å². The molecule has 0 spiro atoms. The fraction of sp³-hybridized carbons (Fsp3) is 0.440. The van der Waals surface area contributed by atoms with Crippen LogP contribution in [0.3, 0.4) is 0 Å². The average Bonchev–Trinajstić information content (AvgIpc) is 3.34. The highest BCUT2D eigenvalue weighted by molar-refractivity contribution is 6.46. The Morgan fingerprint density at radius 3 is 2.59 bits per heavy atom. The molecule has 1 aliphatic heterocycles. The van der Waals surface area contributed by atoms with E-state index in [1.165, 1.54) is 11.2 Å². The Morgan fingerprint density at radius 1 is 1.25 bits per heavy atom. The van der Waals surface area contributed by atoms with E-state index in [1.807, 2.05) is 25.9 Å². The number of benzene rings is 1. The van der Waals surface area contributed by atoms with Gasteiger partial charge in [-0.25, -0.2) is 0 Å². The molecule has 1 aromatic carbocycles. The number of ether oxygens (including phenoxy) is 1. The second-order valence-electron chi connectivity index (χ2n) is 8.85. The van der Waals surface area contributed by atoms with E-state index in [1.54, 1.807) is 30.3 Å². The molecule has 0 saturated carbocycles. The van der Waals surface area contributed by atoms with Crippen molar-refractivity contribution in [2.45, 2.75) is 33.2 Å². The predicted octanol–water partition coefficient (Wildman–Crippen LogP) is 4.00. The van der Waals surface area contributed by atoms with Gasteiger partial charge in [-0.15, -0.1) is 0 Å². The van der Waals surface area contributed by atoms with Crippen LogP contribution in [0.2, 0.25) is 0 Å². The number of aryl methyl sites for hydroxylation is 1. The van der Waals surface area contributed by atoms with Crippen molar-refractivity contribution in [2.75, 3.05) is 33.8 Å². The third kappa shape index (κ3) is 5.05. The summed E-state index contributed by atoms with van der Waals surface area (Å²) < 4.78 is 11.4. The van der Waals surface area contributed by atoms with Crippen molar-refractivity contribution >= 4 is 17.4 Å². The summed E-state index contributed by atoms with van der Waals surface area (Å²) in [6, 6.07) is 7.92. The minimum Gasteiger partial charge on any atom is -0.507 e. The number of likely N-dealkylation sites (tertiary alicyclic amines) is 1. The molecule has 0 bridgehead atoms. The minimum atomic E-state index is -0.760. The van der Waals surface area contributed by atoms with Gasteiger partial charge in [0.15, 0.2) is 0 Å². The van der Waals surface area contributed by atoms with Crippen molar-refractivity contribution in [3.05, 3.63) is 59.1 Å². The van der Waals surface area contributed by atoms with Crippen LogP contribution in [0.4, 0.5) is 0 Å². The number of carbonyl (C=O) groups is 2. The minimum absolute atomic E-state index is 0.0463. The Bertz CT molecular complexity index is 992. The molecule has 7 nitrogen and oxygen atoms in total. The number of hydrogen-bond donors (Lipinski definition) is 1. The van der Waals surface area contributed by atoms with E-state index < -0.39 is 17.7 Å². The lowest BCUT2D eigenvalue weighted by Crippen LogP contribution is -2.32. The quantitative estimate of drug-likeness (QED) is 0.361. The average molecular weight is 441 g/mol. The monoisotopic (exact) mass is 440 g/mol. The fourth-order valence-electron chi connectivity index (χ4n) is 3.78. The number of Topliss-reactive ketones (excluding diaryl/α,β-unsaturated/α-hetero) is 1. The van der Waals surface area contributed by atoms with Gasteiger partial charge in [0.05, 0.1) is 18.4 Å². The van der Waals surface area contributed by atoms with E-state index in [0.717, 1.165) is 17.9 Å². The Labute approximate surface area is 189 Å². The molecule has 1 amide bonds. The van der Waals surface area contributed by atoms with Gasteiger partial charge >= 0.3 is 0 Å². The van der Waals surface area contributed by atoms with Crippen LogP contribution < -0.4 is 4.74 Å². The highest BCUT2D eigenvalue weighted by Crippen LogP contribution is 2.40. The number of aliphatic hydroxyl groups excluding tert-OH is 1. The highest BCUT2D eigenvalue weighted by atomic mass is 16.5. The Morgan fingerprint density at radius 2 is 2.00 bits per heavy atom. The largest absolute Gasteiger partial charge is 0.507 e. The van der Waals surface area contributed by atoms with Gasteiger partial charge in [0.2, 0.25) is 0 Å². The van der Waals surface area contributed by atoms with Crippen LogP contribution in [0, 0.1) is 12.8 Å². The molecule has 1 unspecified atom stereocenters. The first-order chi connectivity index (χ1) is 15.2. The zero-order chi connectivity index (χ0) is 23.4. The lowest BCUT2D eigenvalue weighted by Gasteiger charge is -2.24. The number of hydrogen-bond acceptors (Lipinski definition) is 6. The van der Waals surface area contributed by atoms with E-state index >= 15 is 0 Å². The number of furan rings is 1. The van der Waals surface area contributed by atoms with Gasteiger partial charge in [0.25, 0.3) is 11.7 Å². The van der Waals surface area contributed by atoms with E-state index in [0.29, 0.717) is 36.8 Å². The van der Waals surface area contributed by atoms with E-state index in [4.69, 9.17) is 9.15 Å². The molecule has 1 atom stereocenters. The molecule has 3 rings (SSSR count). The molecular formula is C25H32N2O5. The van der Waals surface area contributed by atoms with Gasteiger partial charge in [0.1, 0.15) is 23.3 Å². The smallest absolute Gasteiger partial charge is 0.295 e. The fourth-order valence-corrected chi connectivity index (χ4v) is 3.78. The maximum atomic E-state index is 13.0.